The van der Waals surface area contributed by atoms with E-state index in [2.05, 4.69) is 21.3 Å². The van der Waals surface area contributed by atoms with Crippen molar-refractivity contribution in [3.05, 3.63) is 0 Å². The second-order valence-electron chi connectivity index (χ2n) is 12.2. The zero-order valence-corrected chi connectivity index (χ0v) is 27.7. The summed E-state index contributed by atoms with van der Waals surface area (Å²) < 4.78 is 0. The molecule has 2 heterocycles. The predicted molar refractivity (Wildman–Crippen MR) is 168 cm³/mol. The number of nitrogens with one attached hydrogen (secondary N) is 4. The van der Waals surface area contributed by atoms with Crippen LogP contribution < -0.4 is 21.3 Å². The van der Waals surface area contributed by atoms with E-state index < -0.39 is 72.2 Å². The van der Waals surface area contributed by atoms with Crippen molar-refractivity contribution in [2.24, 2.45) is 0 Å². The van der Waals surface area contributed by atoms with E-state index in [1.165, 1.54) is 30.6 Å². The molecule has 0 spiro atoms. The number of rotatable bonds is 19. The SMILES string of the molecule is CC(=O)C(CCCCNC(=O)C(CCC(=O)O)NC(=O)C1CCCN1C(C)=O)NC(=O)C(CCC(=O)O)NC(=O)C1CCCN1C(C)=O. The number of ketones is 1. The first-order valence-corrected chi connectivity index (χ1v) is 16.3. The number of carbonyl (C=O) groups excluding carboxylic acids is 7. The van der Waals surface area contributed by atoms with Gasteiger partial charge in [-0.15, -0.1) is 0 Å². The van der Waals surface area contributed by atoms with Crippen LogP contribution in [0.2, 0.25) is 0 Å². The minimum Gasteiger partial charge on any atom is -0.481 e. The number of hydrogen-bond donors (Lipinski definition) is 6. The van der Waals surface area contributed by atoms with Crippen molar-refractivity contribution >= 4 is 53.2 Å². The van der Waals surface area contributed by atoms with E-state index in [0.29, 0.717) is 51.6 Å². The Hall–Kier alpha value is -4.57. The molecule has 2 fully saturated rings. The number of amides is 6. The summed E-state index contributed by atoms with van der Waals surface area (Å²) in [5.74, 6) is -5.73. The summed E-state index contributed by atoms with van der Waals surface area (Å²) in [7, 11) is 0. The van der Waals surface area contributed by atoms with Crippen LogP contribution in [0.15, 0.2) is 0 Å². The summed E-state index contributed by atoms with van der Waals surface area (Å²) >= 11 is 0. The van der Waals surface area contributed by atoms with Gasteiger partial charge in [0.15, 0.2) is 5.78 Å². The number of hydrogen-bond acceptors (Lipinski definition) is 9. The topological polar surface area (TPSA) is 249 Å². The van der Waals surface area contributed by atoms with Crippen LogP contribution in [0.25, 0.3) is 0 Å². The predicted octanol–water partition coefficient (Wildman–Crippen LogP) is -0.932. The summed E-state index contributed by atoms with van der Waals surface area (Å²) in [6, 6.07) is -4.88. The molecule has 0 radical (unpaired) electrons. The minimum atomic E-state index is -1.26. The Balaban J connectivity index is 1.93. The lowest BCUT2D eigenvalue weighted by atomic mass is 10.0. The standard InChI is InChI=1S/C31H48N6O11/c1-18(38)21(33-29(46)23(12-14-27(43)44)35-31(48)25-10-7-17-37(25)20(3)40)8-4-5-15-32-28(45)22(11-13-26(41)42)34-30(47)24-9-6-16-36(24)19(2)39/h21-25H,4-17H2,1-3H3,(H,32,45)(H,33,46)(H,34,47)(H,35,48)(H,41,42)(H,43,44). The molecule has 2 aliphatic rings. The van der Waals surface area contributed by atoms with E-state index in [1.807, 2.05) is 0 Å². The molecule has 2 saturated heterocycles. The Morgan fingerprint density at radius 1 is 0.625 bits per heavy atom. The molecule has 2 aliphatic heterocycles. The molecule has 268 valence electrons. The first-order valence-electron chi connectivity index (χ1n) is 16.3. The molecule has 0 bridgehead atoms. The van der Waals surface area contributed by atoms with Crippen LogP contribution in [-0.4, -0.2) is 123 Å². The molecule has 0 aromatic heterocycles. The van der Waals surface area contributed by atoms with Crippen LogP contribution in [-0.2, 0) is 43.2 Å². The molecule has 2 rings (SSSR count). The minimum absolute atomic E-state index is 0.116. The highest BCUT2D eigenvalue weighted by Gasteiger charge is 2.36. The number of carboxylic acids is 2. The van der Waals surface area contributed by atoms with E-state index in [9.17, 15) is 43.2 Å². The van der Waals surface area contributed by atoms with Crippen molar-refractivity contribution < 1.29 is 53.4 Å². The smallest absolute Gasteiger partial charge is 0.303 e. The molecule has 0 saturated carbocycles. The van der Waals surface area contributed by atoms with Crippen molar-refractivity contribution in [2.75, 3.05) is 19.6 Å². The lowest BCUT2D eigenvalue weighted by Gasteiger charge is -2.26. The monoisotopic (exact) mass is 680 g/mol. The van der Waals surface area contributed by atoms with Gasteiger partial charge in [0, 0.05) is 46.3 Å². The van der Waals surface area contributed by atoms with Gasteiger partial charge < -0.3 is 41.3 Å². The quantitative estimate of drug-likeness (QED) is 0.0909. The van der Waals surface area contributed by atoms with E-state index in [0.717, 1.165) is 0 Å². The number of carboxylic acid groups (broad SMARTS) is 2. The Morgan fingerprint density at radius 2 is 1.08 bits per heavy atom. The zero-order chi connectivity index (χ0) is 36.0. The lowest BCUT2D eigenvalue weighted by molar-refractivity contribution is -0.140. The van der Waals surface area contributed by atoms with Crippen LogP contribution in [0.5, 0.6) is 0 Å². The van der Waals surface area contributed by atoms with Crippen molar-refractivity contribution in [2.45, 2.75) is 122 Å². The highest BCUT2D eigenvalue weighted by molar-refractivity contribution is 5.95. The number of unbranched alkanes of at least 4 members (excludes halogenated alkanes) is 1. The van der Waals surface area contributed by atoms with Gasteiger partial charge >= 0.3 is 11.9 Å². The van der Waals surface area contributed by atoms with Gasteiger partial charge in [0.05, 0.1) is 6.04 Å². The van der Waals surface area contributed by atoms with Crippen LogP contribution in [0.3, 0.4) is 0 Å². The van der Waals surface area contributed by atoms with Crippen molar-refractivity contribution in [3.63, 3.8) is 0 Å². The van der Waals surface area contributed by atoms with E-state index >= 15 is 0 Å². The second-order valence-corrected chi connectivity index (χ2v) is 12.2. The molecule has 17 heteroatoms. The van der Waals surface area contributed by atoms with Crippen LogP contribution in [0.4, 0.5) is 0 Å². The Morgan fingerprint density at radius 3 is 1.50 bits per heavy atom. The number of Topliss-reactive ketones (excluding diaryl/α,β-unsaturated/α-hetero) is 1. The molecule has 5 unspecified atom stereocenters. The number of aliphatic carboxylic acids is 2. The Bertz CT molecular complexity index is 1240. The lowest BCUT2D eigenvalue weighted by Crippen LogP contribution is -2.55. The maximum atomic E-state index is 13.1. The Labute approximate surface area is 278 Å². The molecule has 0 aromatic carbocycles. The summed E-state index contributed by atoms with van der Waals surface area (Å²) in [5, 5.41) is 28.6. The van der Waals surface area contributed by atoms with E-state index in [-0.39, 0.29) is 49.8 Å². The Kier molecular flexibility index (Phi) is 15.9. The van der Waals surface area contributed by atoms with Crippen molar-refractivity contribution in [1.82, 2.24) is 31.1 Å². The van der Waals surface area contributed by atoms with Gasteiger partial charge in [0.1, 0.15) is 24.2 Å². The van der Waals surface area contributed by atoms with Gasteiger partial charge in [0.25, 0.3) is 0 Å². The fourth-order valence-electron chi connectivity index (χ4n) is 5.90. The summed E-state index contributed by atoms with van der Waals surface area (Å²) in [6.07, 6.45) is 1.75. The van der Waals surface area contributed by atoms with Crippen LogP contribution >= 0.6 is 0 Å². The largest absolute Gasteiger partial charge is 0.481 e. The fraction of sp³-hybridized carbons (Fsp3) is 0.710. The molecular formula is C31H48N6O11. The van der Waals surface area contributed by atoms with Crippen LogP contribution in [0.1, 0.15) is 91.4 Å². The summed E-state index contributed by atoms with van der Waals surface area (Å²) in [4.78, 5) is 113. The van der Waals surface area contributed by atoms with Gasteiger partial charge in [-0.05, 0) is 64.7 Å². The maximum absolute atomic E-state index is 13.1. The third-order valence-corrected chi connectivity index (χ3v) is 8.51. The first kappa shape index (κ1) is 39.6. The molecule has 0 aromatic rings. The van der Waals surface area contributed by atoms with Crippen LogP contribution in [0, 0.1) is 0 Å². The number of carbonyl (C=O) groups is 9. The molecular weight excluding hydrogens is 632 g/mol. The molecule has 6 N–H and O–H groups in total. The highest BCUT2D eigenvalue weighted by Crippen LogP contribution is 2.19. The number of likely N-dealkylation sites (tertiary alicyclic amines) is 2. The summed E-state index contributed by atoms with van der Waals surface area (Å²) in [5.41, 5.74) is 0. The molecule has 17 nitrogen and oxygen atoms in total. The van der Waals surface area contributed by atoms with Gasteiger partial charge in [0.2, 0.25) is 35.4 Å². The number of nitrogens with zero attached hydrogens (tertiary/aromatic N) is 2. The zero-order valence-electron chi connectivity index (χ0n) is 27.7. The molecule has 0 aliphatic carbocycles. The summed E-state index contributed by atoms with van der Waals surface area (Å²) in [6.45, 7) is 4.88. The average molecular weight is 681 g/mol. The maximum Gasteiger partial charge on any atom is 0.303 e. The first-order chi connectivity index (χ1) is 22.6. The second kappa shape index (κ2) is 19.3. The van der Waals surface area contributed by atoms with Crippen molar-refractivity contribution in [3.8, 4) is 0 Å². The van der Waals surface area contributed by atoms with Gasteiger partial charge in [-0.1, -0.05) is 0 Å². The van der Waals surface area contributed by atoms with Gasteiger partial charge in [-0.25, -0.2) is 0 Å². The van der Waals surface area contributed by atoms with Gasteiger partial charge in [-0.2, -0.15) is 0 Å². The fourth-order valence-corrected chi connectivity index (χ4v) is 5.90. The highest BCUT2D eigenvalue weighted by atomic mass is 16.4. The molecule has 5 atom stereocenters. The molecule has 6 amide bonds. The average Bonchev–Trinajstić information content (AvgIpc) is 3.71. The van der Waals surface area contributed by atoms with Gasteiger partial charge in [-0.3, -0.25) is 43.2 Å². The van der Waals surface area contributed by atoms with Crippen molar-refractivity contribution in [1.29, 1.82) is 0 Å². The third kappa shape index (κ3) is 12.6. The van der Waals surface area contributed by atoms with E-state index in [4.69, 9.17) is 10.2 Å². The third-order valence-electron chi connectivity index (χ3n) is 8.51. The molecule has 48 heavy (non-hydrogen) atoms. The normalized spacial score (nSPS) is 19.1. The van der Waals surface area contributed by atoms with E-state index in [1.54, 1.807) is 0 Å².